The van der Waals surface area contributed by atoms with E-state index in [1.165, 1.54) is 24.3 Å². The molecule has 0 saturated carbocycles. The Bertz CT molecular complexity index is 559. The smallest absolute Gasteiger partial charge is 0.261 e. The number of nitrogens with zero attached hydrogens (tertiary/aromatic N) is 1. The van der Waals surface area contributed by atoms with Crippen LogP contribution in [0.2, 0.25) is 0 Å². The van der Waals surface area contributed by atoms with Crippen LogP contribution in [0.1, 0.15) is 31.1 Å². The van der Waals surface area contributed by atoms with Gasteiger partial charge in [0.25, 0.3) is 15.0 Å². The van der Waals surface area contributed by atoms with E-state index in [1.54, 1.807) is 11.9 Å². The molecule has 0 saturated heterocycles. The Morgan fingerprint density at radius 3 is 2.05 bits per heavy atom. The van der Waals surface area contributed by atoms with Gasteiger partial charge >= 0.3 is 0 Å². The van der Waals surface area contributed by atoms with Crippen molar-refractivity contribution in [2.45, 2.75) is 25.7 Å². The molecule has 0 unspecified atom stereocenters. The van der Waals surface area contributed by atoms with E-state index in [4.69, 9.17) is 10.7 Å². The zero-order valence-electron chi connectivity index (χ0n) is 11.5. The van der Waals surface area contributed by atoms with Crippen molar-refractivity contribution < 1.29 is 13.2 Å². The van der Waals surface area contributed by atoms with Gasteiger partial charge in [0.2, 0.25) is 0 Å². The average Bonchev–Trinajstić information content (AvgIpc) is 2.24. The molecule has 19 heavy (non-hydrogen) atoms. The summed E-state index contributed by atoms with van der Waals surface area (Å²) in [4.78, 5) is 13.7. The molecule has 0 aliphatic carbocycles. The Balaban J connectivity index is 2.90. The number of carbonyl (C=O) groups is 1. The molecular weight excluding hydrogens is 286 g/mol. The Morgan fingerprint density at radius 2 is 1.68 bits per heavy atom. The van der Waals surface area contributed by atoms with Crippen LogP contribution in [-0.2, 0) is 9.05 Å². The summed E-state index contributed by atoms with van der Waals surface area (Å²) in [6.45, 7) is 6.74. The number of hydrogen-bond acceptors (Lipinski definition) is 3. The molecule has 0 fully saturated rings. The topological polar surface area (TPSA) is 54.5 Å². The number of carbonyl (C=O) groups excluding carboxylic acids is 1. The van der Waals surface area contributed by atoms with E-state index in [0.29, 0.717) is 12.1 Å². The van der Waals surface area contributed by atoms with Crippen molar-refractivity contribution in [2.75, 3.05) is 13.6 Å². The lowest BCUT2D eigenvalue weighted by molar-refractivity contribution is 0.0745. The van der Waals surface area contributed by atoms with E-state index in [1.807, 2.05) is 20.8 Å². The summed E-state index contributed by atoms with van der Waals surface area (Å²) in [7, 11) is 3.19. The first-order valence-electron chi connectivity index (χ1n) is 5.81. The summed E-state index contributed by atoms with van der Waals surface area (Å²) in [6, 6.07) is 5.61. The molecule has 6 heteroatoms. The third kappa shape index (κ3) is 4.84. The highest BCUT2D eigenvalue weighted by Gasteiger charge is 2.19. The second-order valence-corrected chi connectivity index (χ2v) is 8.25. The van der Waals surface area contributed by atoms with Crippen molar-refractivity contribution >= 4 is 25.6 Å². The number of hydrogen-bond donors (Lipinski definition) is 0. The van der Waals surface area contributed by atoms with Crippen LogP contribution in [-0.4, -0.2) is 32.8 Å². The molecule has 0 aromatic heterocycles. The van der Waals surface area contributed by atoms with Gasteiger partial charge in [-0.3, -0.25) is 4.79 Å². The van der Waals surface area contributed by atoms with Gasteiger partial charge in [-0.05, 0) is 29.7 Å². The molecule has 4 nitrogen and oxygen atoms in total. The second kappa shape index (κ2) is 5.51. The molecule has 0 aliphatic rings. The molecule has 0 aliphatic heterocycles. The molecule has 0 N–H and O–H groups in total. The van der Waals surface area contributed by atoms with Gasteiger partial charge in [0, 0.05) is 29.8 Å². The van der Waals surface area contributed by atoms with Crippen LogP contribution < -0.4 is 0 Å². The third-order valence-corrected chi connectivity index (χ3v) is 3.81. The maximum atomic E-state index is 12.1. The fourth-order valence-corrected chi connectivity index (χ4v) is 2.53. The highest BCUT2D eigenvalue weighted by atomic mass is 35.7. The van der Waals surface area contributed by atoms with E-state index in [2.05, 4.69) is 0 Å². The summed E-state index contributed by atoms with van der Waals surface area (Å²) in [5.41, 5.74) is 0.444. The van der Waals surface area contributed by atoms with Gasteiger partial charge in [0.1, 0.15) is 0 Å². The zero-order chi connectivity index (χ0) is 14.8. The first kappa shape index (κ1) is 16.0. The normalized spacial score (nSPS) is 12.3. The molecule has 0 heterocycles. The van der Waals surface area contributed by atoms with E-state index in [0.717, 1.165) is 0 Å². The van der Waals surface area contributed by atoms with Crippen LogP contribution in [0, 0.1) is 5.41 Å². The van der Waals surface area contributed by atoms with Crippen LogP contribution in [0.25, 0.3) is 0 Å². The summed E-state index contributed by atoms with van der Waals surface area (Å²) in [5, 5.41) is 0. The van der Waals surface area contributed by atoms with Gasteiger partial charge in [0.05, 0.1) is 4.90 Å². The first-order chi connectivity index (χ1) is 8.50. The van der Waals surface area contributed by atoms with Gasteiger partial charge in [-0.15, -0.1) is 0 Å². The maximum absolute atomic E-state index is 12.1. The fourth-order valence-electron chi connectivity index (χ4n) is 1.76. The SMILES string of the molecule is CN(CC(C)(C)C)C(=O)c1ccc(S(=O)(=O)Cl)cc1. The van der Waals surface area contributed by atoms with Gasteiger partial charge in [-0.25, -0.2) is 8.42 Å². The van der Waals surface area contributed by atoms with Crippen molar-refractivity contribution in [1.29, 1.82) is 0 Å². The summed E-state index contributed by atoms with van der Waals surface area (Å²) in [6.07, 6.45) is 0. The standard InChI is InChI=1S/C13H18ClNO3S/c1-13(2,3)9-15(4)12(16)10-5-7-11(8-6-10)19(14,17)18/h5-8H,9H2,1-4H3. The molecule has 0 bridgehead atoms. The van der Waals surface area contributed by atoms with Gasteiger partial charge < -0.3 is 4.90 Å². The minimum absolute atomic E-state index is 0.00380. The Morgan fingerprint density at radius 1 is 1.21 bits per heavy atom. The van der Waals surface area contributed by atoms with Crippen LogP contribution in [0.5, 0.6) is 0 Å². The lowest BCUT2D eigenvalue weighted by Gasteiger charge is -2.26. The quantitative estimate of drug-likeness (QED) is 0.807. The number of benzene rings is 1. The monoisotopic (exact) mass is 303 g/mol. The zero-order valence-corrected chi connectivity index (χ0v) is 13.0. The molecule has 1 aromatic carbocycles. The van der Waals surface area contributed by atoms with E-state index < -0.39 is 9.05 Å². The van der Waals surface area contributed by atoms with E-state index >= 15 is 0 Å². The molecule has 0 spiro atoms. The molecular formula is C13H18ClNO3S. The van der Waals surface area contributed by atoms with E-state index in [9.17, 15) is 13.2 Å². The lowest BCUT2D eigenvalue weighted by Crippen LogP contribution is -2.34. The van der Waals surface area contributed by atoms with Gasteiger partial charge in [0.15, 0.2) is 0 Å². The molecule has 1 rings (SSSR count). The Hall–Kier alpha value is -1.07. The number of rotatable bonds is 3. The molecule has 0 atom stereocenters. The van der Waals surface area contributed by atoms with Crippen molar-refractivity contribution in [2.24, 2.45) is 5.41 Å². The van der Waals surface area contributed by atoms with Crippen molar-refractivity contribution in [3.8, 4) is 0 Å². The minimum atomic E-state index is -3.75. The Labute approximate surface area is 118 Å². The molecule has 0 radical (unpaired) electrons. The molecule has 1 amide bonds. The Kier molecular flexibility index (Phi) is 4.63. The lowest BCUT2D eigenvalue weighted by atomic mass is 9.96. The number of halogens is 1. The summed E-state index contributed by atoms with van der Waals surface area (Å²) < 4.78 is 22.2. The number of amides is 1. The van der Waals surface area contributed by atoms with E-state index in [-0.39, 0.29) is 16.2 Å². The summed E-state index contributed by atoms with van der Waals surface area (Å²) >= 11 is 0. The maximum Gasteiger partial charge on any atom is 0.261 e. The largest absolute Gasteiger partial charge is 0.341 e. The molecule has 106 valence electrons. The summed E-state index contributed by atoms with van der Waals surface area (Å²) in [5.74, 6) is -0.145. The predicted octanol–water partition coefficient (Wildman–Crippen LogP) is 2.73. The van der Waals surface area contributed by atoms with Gasteiger partial charge in [-0.2, -0.15) is 0 Å². The molecule has 1 aromatic rings. The minimum Gasteiger partial charge on any atom is -0.341 e. The third-order valence-electron chi connectivity index (χ3n) is 2.44. The highest BCUT2D eigenvalue weighted by Crippen LogP contribution is 2.18. The predicted molar refractivity (Wildman–Crippen MR) is 75.9 cm³/mol. The van der Waals surface area contributed by atoms with Crippen LogP contribution in [0.4, 0.5) is 0 Å². The highest BCUT2D eigenvalue weighted by molar-refractivity contribution is 8.13. The van der Waals surface area contributed by atoms with Crippen LogP contribution in [0.3, 0.4) is 0 Å². The first-order valence-corrected chi connectivity index (χ1v) is 8.12. The second-order valence-electron chi connectivity index (χ2n) is 5.68. The van der Waals surface area contributed by atoms with Crippen molar-refractivity contribution in [1.82, 2.24) is 4.90 Å². The van der Waals surface area contributed by atoms with Crippen molar-refractivity contribution in [3.63, 3.8) is 0 Å². The fraction of sp³-hybridized carbons (Fsp3) is 0.462. The van der Waals surface area contributed by atoms with Crippen LogP contribution in [0.15, 0.2) is 29.2 Å². The van der Waals surface area contributed by atoms with Gasteiger partial charge in [-0.1, -0.05) is 20.8 Å². The average molecular weight is 304 g/mol. The van der Waals surface area contributed by atoms with Crippen LogP contribution >= 0.6 is 10.7 Å². The van der Waals surface area contributed by atoms with Crippen molar-refractivity contribution in [3.05, 3.63) is 29.8 Å².